The van der Waals surface area contributed by atoms with E-state index in [1.54, 1.807) is 0 Å². The normalized spacial score (nSPS) is 12.9. The van der Waals surface area contributed by atoms with Crippen LogP contribution >= 0.6 is 15.9 Å². The predicted molar refractivity (Wildman–Crippen MR) is 82.8 cm³/mol. The molecule has 2 rings (SSSR count). The van der Waals surface area contributed by atoms with E-state index in [0.29, 0.717) is 12.0 Å². The van der Waals surface area contributed by atoms with Gasteiger partial charge in [0.05, 0.1) is 11.4 Å². The van der Waals surface area contributed by atoms with Crippen molar-refractivity contribution in [3.8, 4) is 5.69 Å². The molecule has 1 aromatic heterocycles. The van der Waals surface area contributed by atoms with Crippen molar-refractivity contribution in [2.75, 3.05) is 7.05 Å². The molecule has 0 spiro atoms. The van der Waals surface area contributed by atoms with E-state index in [4.69, 9.17) is 0 Å². The van der Waals surface area contributed by atoms with E-state index in [1.165, 1.54) is 5.56 Å². The lowest BCUT2D eigenvalue weighted by Crippen LogP contribution is -2.12. The molecule has 0 bridgehead atoms. The summed E-state index contributed by atoms with van der Waals surface area (Å²) in [5.41, 5.74) is 3.44. The van der Waals surface area contributed by atoms with Crippen LogP contribution in [0.1, 0.15) is 44.0 Å². The molecule has 0 aliphatic heterocycles. The molecule has 19 heavy (non-hydrogen) atoms. The van der Waals surface area contributed by atoms with Gasteiger partial charge >= 0.3 is 0 Å². The fourth-order valence-electron chi connectivity index (χ4n) is 1.93. The van der Waals surface area contributed by atoms with Crippen molar-refractivity contribution in [3.05, 3.63) is 46.2 Å². The molecule has 4 heteroatoms. The van der Waals surface area contributed by atoms with E-state index in [-0.39, 0.29) is 0 Å². The summed E-state index contributed by atoms with van der Waals surface area (Å²) in [6.07, 6.45) is 2.01. The van der Waals surface area contributed by atoms with Gasteiger partial charge < -0.3 is 5.32 Å². The zero-order valence-corrected chi connectivity index (χ0v) is 13.4. The maximum atomic E-state index is 4.61. The maximum absolute atomic E-state index is 4.61. The molecule has 1 unspecified atom stereocenters. The van der Waals surface area contributed by atoms with E-state index < -0.39 is 0 Å². The number of rotatable bonds is 4. The summed E-state index contributed by atoms with van der Waals surface area (Å²) in [7, 11) is 1.97. The highest BCUT2D eigenvalue weighted by atomic mass is 79.9. The molecule has 0 fully saturated rings. The number of nitrogens with zero attached hydrogens (tertiary/aromatic N) is 2. The van der Waals surface area contributed by atoms with Gasteiger partial charge in [-0.3, -0.25) is 0 Å². The number of aromatic nitrogens is 2. The fraction of sp³-hybridized carbons (Fsp3) is 0.400. The van der Waals surface area contributed by atoms with Crippen LogP contribution in [0.25, 0.3) is 5.69 Å². The zero-order valence-electron chi connectivity index (χ0n) is 11.8. The first-order chi connectivity index (χ1) is 9.02. The van der Waals surface area contributed by atoms with Gasteiger partial charge in [-0.1, -0.05) is 19.9 Å². The summed E-state index contributed by atoms with van der Waals surface area (Å²) in [4.78, 5) is 0. The Bertz CT molecular complexity index is 560. The lowest BCUT2D eigenvalue weighted by molar-refractivity contribution is 0.651. The molecule has 1 atom stereocenters. The summed E-state index contributed by atoms with van der Waals surface area (Å²) in [5, 5.41) is 7.85. The van der Waals surface area contributed by atoms with Crippen LogP contribution in [0, 0.1) is 0 Å². The van der Waals surface area contributed by atoms with Crippen molar-refractivity contribution in [3.63, 3.8) is 0 Å². The zero-order chi connectivity index (χ0) is 14.0. The smallest absolute Gasteiger partial charge is 0.0787 e. The quantitative estimate of drug-likeness (QED) is 0.921. The Balaban J connectivity index is 2.34. The molecular weight excluding hydrogens is 302 g/mol. The van der Waals surface area contributed by atoms with Crippen molar-refractivity contribution in [2.24, 2.45) is 0 Å². The van der Waals surface area contributed by atoms with Gasteiger partial charge in [-0.2, -0.15) is 5.10 Å². The molecule has 0 aliphatic rings. The van der Waals surface area contributed by atoms with Crippen LogP contribution in [0.15, 0.2) is 34.9 Å². The highest BCUT2D eigenvalue weighted by Gasteiger charge is 2.10. The number of halogens is 1. The highest BCUT2D eigenvalue weighted by Crippen LogP contribution is 2.25. The van der Waals surface area contributed by atoms with E-state index in [1.807, 2.05) is 17.9 Å². The molecule has 0 saturated heterocycles. The summed E-state index contributed by atoms with van der Waals surface area (Å²) >= 11 is 3.64. The molecule has 0 saturated carbocycles. The second-order valence-corrected chi connectivity index (χ2v) is 5.92. The molecule has 0 radical (unpaired) electrons. The van der Waals surface area contributed by atoms with E-state index in [0.717, 1.165) is 15.9 Å². The lowest BCUT2D eigenvalue weighted by atomic mass is 10.1. The van der Waals surface area contributed by atoms with E-state index in [9.17, 15) is 0 Å². The Kier molecular flexibility index (Phi) is 4.42. The van der Waals surface area contributed by atoms with Crippen molar-refractivity contribution in [2.45, 2.75) is 32.7 Å². The number of nitrogens with one attached hydrogen (secondary N) is 1. The van der Waals surface area contributed by atoms with Gasteiger partial charge in [0, 0.05) is 16.7 Å². The lowest BCUT2D eigenvalue weighted by Gasteiger charge is -2.13. The van der Waals surface area contributed by atoms with Crippen LogP contribution in [0.3, 0.4) is 0 Å². The van der Waals surface area contributed by atoms with Crippen molar-refractivity contribution in [1.82, 2.24) is 15.1 Å². The molecule has 0 aliphatic carbocycles. The van der Waals surface area contributed by atoms with Crippen LogP contribution in [0.2, 0.25) is 0 Å². The largest absolute Gasteiger partial charge is 0.313 e. The molecule has 102 valence electrons. The van der Waals surface area contributed by atoms with Crippen molar-refractivity contribution in [1.29, 1.82) is 0 Å². The van der Waals surface area contributed by atoms with Crippen molar-refractivity contribution < 1.29 is 0 Å². The predicted octanol–water partition coefficient (Wildman–Crippen LogP) is 4.04. The Labute approximate surface area is 123 Å². The fourth-order valence-corrected chi connectivity index (χ4v) is 2.50. The Morgan fingerprint density at radius 1 is 1.21 bits per heavy atom. The Hall–Kier alpha value is -1.13. The van der Waals surface area contributed by atoms with Gasteiger partial charge in [-0.05, 0) is 59.6 Å². The second-order valence-electron chi connectivity index (χ2n) is 5.06. The second kappa shape index (κ2) is 5.88. The molecule has 2 aromatic rings. The highest BCUT2D eigenvalue weighted by molar-refractivity contribution is 9.10. The van der Waals surface area contributed by atoms with Crippen LogP contribution in [0.4, 0.5) is 0 Å². The minimum Gasteiger partial charge on any atom is -0.313 e. The molecule has 1 N–H and O–H groups in total. The number of hydrogen-bond acceptors (Lipinski definition) is 2. The van der Waals surface area contributed by atoms with Gasteiger partial charge in [-0.25, -0.2) is 4.68 Å². The third kappa shape index (κ3) is 3.07. The van der Waals surface area contributed by atoms with Gasteiger partial charge in [0.2, 0.25) is 0 Å². The first-order valence-corrected chi connectivity index (χ1v) is 7.35. The van der Waals surface area contributed by atoms with Gasteiger partial charge in [0.15, 0.2) is 0 Å². The minimum absolute atomic E-state index is 0.342. The summed E-state index contributed by atoms with van der Waals surface area (Å²) in [6, 6.07) is 8.80. The molecule has 1 aromatic carbocycles. The number of benzene rings is 1. The van der Waals surface area contributed by atoms with Crippen LogP contribution in [0.5, 0.6) is 0 Å². The van der Waals surface area contributed by atoms with Gasteiger partial charge in [0.25, 0.3) is 0 Å². The third-order valence-electron chi connectivity index (χ3n) is 3.35. The number of hydrogen-bond donors (Lipinski definition) is 1. The Morgan fingerprint density at radius 2 is 1.95 bits per heavy atom. The first-order valence-electron chi connectivity index (χ1n) is 6.55. The van der Waals surface area contributed by atoms with Gasteiger partial charge in [0.1, 0.15) is 0 Å². The topological polar surface area (TPSA) is 29.9 Å². The summed E-state index contributed by atoms with van der Waals surface area (Å²) < 4.78 is 2.98. The van der Waals surface area contributed by atoms with Crippen molar-refractivity contribution >= 4 is 15.9 Å². The van der Waals surface area contributed by atoms with Crippen LogP contribution in [-0.2, 0) is 0 Å². The average Bonchev–Trinajstić information content (AvgIpc) is 2.87. The minimum atomic E-state index is 0.342. The van der Waals surface area contributed by atoms with E-state index in [2.05, 4.69) is 71.4 Å². The SMILES string of the molecule is CNC(C)c1ccc(-n2ccc(C(C)C)n2)c(Br)c1. The molecule has 3 nitrogen and oxygen atoms in total. The summed E-state index contributed by atoms with van der Waals surface area (Å²) in [6.45, 7) is 6.45. The first kappa shape index (κ1) is 14.3. The summed E-state index contributed by atoms with van der Waals surface area (Å²) in [5.74, 6) is 0.448. The van der Waals surface area contributed by atoms with E-state index >= 15 is 0 Å². The monoisotopic (exact) mass is 321 g/mol. The maximum Gasteiger partial charge on any atom is 0.0787 e. The molecule has 1 heterocycles. The van der Waals surface area contributed by atoms with Gasteiger partial charge in [-0.15, -0.1) is 0 Å². The Morgan fingerprint density at radius 3 is 2.47 bits per heavy atom. The molecular formula is C15H20BrN3. The standard InChI is InChI=1S/C15H20BrN3/c1-10(2)14-7-8-19(18-14)15-6-5-12(9-13(15)16)11(3)17-4/h5-11,17H,1-4H3. The van der Waals surface area contributed by atoms with Crippen LogP contribution < -0.4 is 5.32 Å². The molecule has 0 amide bonds. The third-order valence-corrected chi connectivity index (χ3v) is 3.99. The average molecular weight is 322 g/mol. The van der Waals surface area contributed by atoms with Crippen LogP contribution in [-0.4, -0.2) is 16.8 Å².